The number of nitrogens with zero attached hydrogens (tertiary/aromatic N) is 4. The number of rotatable bonds is 6. The van der Waals surface area contributed by atoms with E-state index >= 15 is 0 Å². The van der Waals surface area contributed by atoms with Crippen LogP contribution in [0.1, 0.15) is 29.2 Å². The van der Waals surface area contributed by atoms with Gasteiger partial charge in [-0.1, -0.05) is 12.1 Å². The predicted molar refractivity (Wildman–Crippen MR) is 110 cm³/mol. The maximum atomic E-state index is 12.7. The van der Waals surface area contributed by atoms with E-state index in [0.717, 1.165) is 42.6 Å². The number of ether oxygens (including phenoxy) is 1. The molecule has 0 aliphatic carbocycles. The number of fused-ring (bicyclic) bond motifs is 1. The molecule has 1 saturated heterocycles. The summed E-state index contributed by atoms with van der Waals surface area (Å²) >= 11 is 0. The third-order valence-electron chi connectivity index (χ3n) is 5.36. The quantitative estimate of drug-likeness (QED) is 0.639. The first-order chi connectivity index (χ1) is 14.1. The van der Waals surface area contributed by atoms with Crippen LogP contribution >= 0.6 is 0 Å². The van der Waals surface area contributed by atoms with Crippen molar-refractivity contribution in [3.05, 3.63) is 54.5 Å². The Hall–Kier alpha value is -2.93. The van der Waals surface area contributed by atoms with E-state index in [4.69, 9.17) is 9.15 Å². The van der Waals surface area contributed by atoms with Gasteiger partial charge in [-0.3, -0.25) is 9.78 Å². The van der Waals surface area contributed by atoms with Crippen LogP contribution in [-0.4, -0.2) is 59.4 Å². The van der Waals surface area contributed by atoms with Gasteiger partial charge in [0.2, 0.25) is 5.89 Å². The largest absolute Gasteiger partial charge is 0.483 e. The monoisotopic (exact) mass is 394 g/mol. The number of pyridine rings is 1. The van der Waals surface area contributed by atoms with E-state index in [1.54, 1.807) is 17.3 Å². The van der Waals surface area contributed by atoms with Crippen LogP contribution in [0.2, 0.25) is 0 Å². The molecule has 1 fully saturated rings. The summed E-state index contributed by atoms with van der Waals surface area (Å²) in [4.78, 5) is 25.2. The Morgan fingerprint density at radius 2 is 2.28 bits per heavy atom. The van der Waals surface area contributed by atoms with Gasteiger partial charge in [0.15, 0.2) is 12.3 Å². The number of hydrogen-bond donors (Lipinski definition) is 0. The molecule has 1 amide bonds. The number of carbonyl (C=O) groups excluding carboxylic acids is 1. The zero-order chi connectivity index (χ0) is 20.2. The molecule has 2 aromatic heterocycles. The van der Waals surface area contributed by atoms with Crippen molar-refractivity contribution in [3.63, 3.8) is 0 Å². The van der Waals surface area contributed by atoms with Crippen molar-refractivity contribution in [1.29, 1.82) is 0 Å². The molecule has 7 nitrogen and oxygen atoms in total. The van der Waals surface area contributed by atoms with E-state index < -0.39 is 0 Å². The molecular formula is C22H26N4O3. The number of aromatic nitrogens is 2. The standard InChI is InChI=1S/C22H26N4O3/c1-25-10-4-5-16(12-25)13-26(2)22(27)19-14-29-21(24-19)15-28-20-7-3-6-17-11-23-9-8-18(17)20/h3,6-9,11,14,16H,4-5,10,12-13,15H2,1-2H3. The Labute approximate surface area is 170 Å². The van der Waals surface area contributed by atoms with Crippen molar-refractivity contribution in [2.75, 3.05) is 33.7 Å². The average Bonchev–Trinajstić information content (AvgIpc) is 3.20. The second-order valence-electron chi connectivity index (χ2n) is 7.72. The first-order valence-electron chi connectivity index (χ1n) is 9.94. The lowest BCUT2D eigenvalue weighted by Gasteiger charge is -2.32. The molecule has 3 aromatic rings. The highest BCUT2D eigenvalue weighted by Crippen LogP contribution is 2.25. The normalized spacial score (nSPS) is 17.4. The number of likely N-dealkylation sites (tertiary alicyclic amines) is 1. The highest BCUT2D eigenvalue weighted by Gasteiger charge is 2.23. The number of benzene rings is 1. The first-order valence-corrected chi connectivity index (χ1v) is 9.94. The Kier molecular flexibility index (Phi) is 5.76. The lowest BCUT2D eigenvalue weighted by molar-refractivity contribution is 0.0735. The molecule has 29 heavy (non-hydrogen) atoms. The summed E-state index contributed by atoms with van der Waals surface area (Å²) in [7, 11) is 3.95. The molecule has 0 saturated carbocycles. The Balaban J connectivity index is 1.37. The number of carbonyl (C=O) groups is 1. The zero-order valence-electron chi connectivity index (χ0n) is 16.9. The minimum absolute atomic E-state index is 0.121. The molecule has 0 N–H and O–H groups in total. The fourth-order valence-electron chi connectivity index (χ4n) is 3.92. The molecule has 1 aromatic carbocycles. The van der Waals surface area contributed by atoms with Crippen molar-refractivity contribution >= 4 is 16.7 Å². The summed E-state index contributed by atoms with van der Waals surface area (Å²) in [6, 6.07) is 7.71. The molecule has 0 radical (unpaired) electrons. The third-order valence-corrected chi connectivity index (χ3v) is 5.36. The summed E-state index contributed by atoms with van der Waals surface area (Å²) in [6.45, 7) is 3.04. The lowest BCUT2D eigenvalue weighted by Crippen LogP contribution is -2.40. The molecule has 152 valence electrons. The van der Waals surface area contributed by atoms with Gasteiger partial charge in [-0.05, 0) is 44.5 Å². The lowest BCUT2D eigenvalue weighted by atomic mass is 9.98. The van der Waals surface area contributed by atoms with E-state index in [2.05, 4.69) is 21.9 Å². The minimum atomic E-state index is -0.121. The van der Waals surface area contributed by atoms with Crippen LogP contribution in [0.15, 0.2) is 47.3 Å². The number of piperidine rings is 1. The Morgan fingerprint density at radius 3 is 3.14 bits per heavy atom. The maximum absolute atomic E-state index is 12.7. The molecule has 1 atom stereocenters. The molecule has 4 rings (SSSR count). The molecule has 1 aliphatic rings. The molecule has 0 bridgehead atoms. The van der Waals surface area contributed by atoms with E-state index in [9.17, 15) is 4.79 Å². The molecule has 7 heteroatoms. The van der Waals surface area contributed by atoms with Gasteiger partial charge in [-0.15, -0.1) is 0 Å². The molecule has 0 spiro atoms. The minimum Gasteiger partial charge on any atom is -0.483 e. The smallest absolute Gasteiger partial charge is 0.275 e. The highest BCUT2D eigenvalue weighted by atomic mass is 16.5. The number of amides is 1. The van der Waals surface area contributed by atoms with E-state index in [1.807, 2.05) is 31.3 Å². The van der Waals surface area contributed by atoms with Crippen molar-refractivity contribution in [2.24, 2.45) is 5.92 Å². The molecule has 3 heterocycles. The van der Waals surface area contributed by atoms with Gasteiger partial charge in [-0.25, -0.2) is 4.98 Å². The SMILES string of the molecule is CN1CCCC(CN(C)C(=O)c2coc(COc3cccc4cnccc34)n2)C1. The summed E-state index contributed by atoms with van der Waals surface area (Å²) in [6.07, 6.45) is 7.28. The molecule has 1 aliphatic heterocycles. The second kappa shape index (κ2) is 8.61. The van der Waals surface area contributed by atoms with E-state index in [1.165, 1.54) is 12.7 Å². The summed E-state index contributed by atoms with van der Waals surface area (Å²) in [5.41, 5.74) is 0.317. The molecule has 1 unspecified atom stereocenters. The maximum Gasteiger partial charge on any atom is 0.275 e. The van der Waals surface area contributed by atoms with Crippen LogP contribution in [-0.2, 0) is 6.61 Å². The van der Waals surface area contributed by atoms with Crippen molar-refractivity contribution in [1.82, 2.24) is 19.8 Å². The summed E-state index contributed by atoms with van der Waals surface area (Å²) < 4.78 is 11.4. The summed E-state index contributed by atoms with van der Waals surface area (Å²) in [5.74, 6) is 1.49. The second-order valence-corrected chi connectivity index (χ2v) is 7.72. The fraction of sp³-hybridized carbons (Fsp3) is 0.409. The third kappa shape index (κ3) is 4.56. The van der Waals surface area contributed by atoms with E-state index in [-0.39, 0.29) is 12.5 Å². The van der Waals surface area contributed by atoms with Gasteiger partial charge < -0.3 is 19.0 Å². The van der Waals surface area contributed by atoms with Crippen molar-refractivity contribution in [2.45, 2.75) is 19.4 Å². The van der Waals surface area contributed by atoms with Crippen molar-refractivity contribution in [3.8, 4) is 5.75 Å². The van der Waals surface area contributed by atoms with Gasteiger partial charge in [0, 0.05) is 43.3 Å². The van der Waals surface area contributed by atoms with Crippen LogP contribution in [0.4, 0.5) is 0 Å². The number of hydrogen-bond acceptors (Lipinski definition) is 6. The average molecular weight is 394 g/mol. The first kappa shape index (κ1) is 19.4. The van der Waals surface area contributed by atoms with E-state index in [0.29, 0.717) is 17.5 Å². The van der Waals surface area contributed by atoms with Crippen LogP contribution in [0.25, 0.3) is 10.8 Å². The topological polar surface area (TPSA) is 71.7 Å². The predicted octanol–water partition coefficient (Wildman–Crippen LogP) is 3.22. The number of oxazole rings is 1. The van der Waals surface area contributed by atoms with Crippen LogP contribution in [0.5, 0.6) is 5.75 Å². The van der Waals surface area contributed by atoms with Crippen LogP contribution in [0.3, 0.4) is 0 Å². The Bertz CT molecular complexity index is 982. The summed E-state index contributed by atoms with van der Waals surface area (Å²) in [5, 5.41) is 1.98. The van der Waals surface area contributed by atoms with Gasteiger partial charge in [0.1, 0.15) is 12.0 Å². The van der Waals surface area contributed by atoms with Crippen molar-refractivity contribution < 1.29 is 13.9 Å². The fourth-order valence-corrected chi connectivity index (χ4v) is 3.92. The van der Waals surface area contributed by atoms with Gasteiger partial charge >= 0.3 is 0 Å². The zero-order valence-corrected chi connectivity index (χ0v) is 16.9. The van der Waals surface area contributed by atoms with Gasteiger partial charge in [0.05, 0.1) is 0 Å². The molecular weight excluding hydrogens is 368 g/mol. The van der Waals surface area contributed by atoms with Crippen LogP contribution < -0.4 is 4.74 Å². The Morgan fingerprint density at radius 1 is 1.38 bits per heavy atom. The van der Waals surface area contributed by atoms with Gasteiger partial charge in [-0.2, -0.15) is 0 Å². The highest BCUT2D eigenvalue weighted by molar-refractivity contribution is 5.91. The van der Waals surface area contributed by atoms with Gasteiger partial charge in [0.25, 0.3) is 5.91 Å². The van der Waals surface area contributed by atoms with Crippen LogP contribution in [0, 0.1) is 5.92 Å².